The fourth-order valence-corrected chi connectivity index (χ4v) is 4.62. The molecule has 6 nitrogen and oxygen atoms in total. The molecule has 0 aliphatic carbocycles. The number of nitrogens with zero attached hydrogens (tertiary/aromatic N) is 3. The summed E-state index contributed by atoms with van der Waals surface area (Å²) in [5.41, 5.74) is 0.705. The van der Waals surface area contributed by atoms with Crippen LogP contribution < -0.4 is 4.90 Å². The molecule has 0 radical (unpaired) electrons. The lowest BCUT2D eigenvalue weighted by molar-refractivity contribution is -0.141. The largest absolute Gasteiger partial charge is 0.379 e. The quantitative estimate of drug-likeness (QED) is 0.812. The summed E-state index contributed by atoms with van der Waals surface area (Å²) >= 11 is 0. The van der Waals surface area contributed by atoms with Crippen LogP contribution in [0.2, 0.25) is 0 Å². The summed E-state index contributed by atoms with van der Waals surface area (Å²) in [6.07, 6.45) is 3.54. The first-order valence-electron chi connectivity index (χ1n) is 10.1. The van der Waals surface area contributed by atoms with Gasteiger partial charge in [0.05, 0.1) is 25.2 Å². The van der Waals surface area contributed by atoms with Crippen LogP contribution >= 0.6 is 0 Å². The Kier molecular flexibility index (Phi) is 5.45. The molecule has 3 saturated heterocycles. The smallest absolute Gasteiger partial charge is 0.236 e. The Morgan fingerprint density at radius 2 is 1.67 bits per heavy atom. The summed E-state index contributed by atoms with van der Waals surface area (Å²) in [6.45, 7) is 5.72. The number of benzene rings is 1. The molecule has 1 spiro atoms. The molecule has 146 valence electrons. The second-order valence-electron chi connectivity index (χ2n) is 7.95. The molecular weight excluding hydrogens is 342 g/mol. The SMILES string of the molecule is O=C(CN1CCOCC1)N1CCC2(CCCN(c3ccccc3)C2=O)CC1. The third-order valence-electron chi connectivity index (χ3n) is 6.34. The normalized spacial score (nSPS) is 23.6. The van der Waals surface area contributed by atoms with Crippen molar-refractivity contribution < 1.29 is 14.3 Å². The Labute approximate surface area is 161 Å². The van der Waals surface area contributed by atoms with Gasteiger partial charge in [-0.15, -0.1) is 0 Å². The summed E-state index contributed by atoms with van der Waals surface area (Å²) < 4.78 is 5.35. The third kappa shape index (κ3) is 3.87. The summed E-state index contributed by atoms with van der Waals surface area (Å²) in [4.78, 5) is 32.0. The van der Waals surface area contributed by atoms with E-state index in [4.69, 9.17) is 4.74 Å². The first kappa shape index (κ1) is 18.4. The lowest BCUT2D eigenvalue weighted by Crippen LogP contribution is -2.55. The molecule has 2 amide bonds. The lowest BCUT2D eigenvalue weighted by Gasteiger charge is -2.46. The standard InChI is InChI=1S/C21H29N3O3/c25-19(17-22-13-15-27-16-14-22)23-11-8-21(9-12-23)7-4-10-24(20(21)26)18-5-2-1-3-6-18/h1-3,5-6H,4,7-17H2. The summed E-state index contributed by atoms with van der Waals surface area (Å²) in [5.74, 6) is 0.440. The zero-order valence-electron chi connectivity index (χ0n) is 15.9. The predicted molar refractivity (Wildman–Crippen MR) is 104 cm³/mol. The fourth-order valence-electron chi connectivity index (χ4n) is 4.62. The van der Waals surface area contributed by atoms with Crippen LogP contribution in [0, 0.1) is 5.41 Å². The van der Waals surface area contributed by atoms with Gasteiger partial charge in [-0.1, -0.05) is 18.2 Å². The van der Waals surface area contributed by atoms with Gasteiger partial charge in [-0.3, -0.25) is 14.5 Å². The van der Waals surface area contributed by atoms with Crippen molar-refractivity contribution in [1.29, 1.82) is 0 Å². The predicted octanol–water partition coefficient (Wildman–Crippen LogP) is 1.75. The average Bonchev–Trinajstić information content (AvgIpc) is 2.72. The van der Waals surface area contributed by atoms with E-state index >= 15 is 0 Å². The van der Waals surface area contributed by atoms with Crippen LogP contribution in [0.3, 0.4) is 0 Å². The van der Waals surface area contributed by atoms with E-state index < -0.39 is 0 Å². The molecule has 1 aromatic rings. The third-order valence-corrected chi connectivity index (χ3v) is 6.34. The Balaban J connectivity index is 1.37. The van der Waals surface area contributed by atoms with Crippen molar-refractivity contribution in [2.24, 2.45) is 5.41 Å². The number of hydrogen-bond donors (Lipinski definition) is 0. The number of carbonyl (C=O) groups excluding carboxylic acids is 2. The number of para-hydroxylation sites is 1. The Morgan fingerprint density at radius 1 is 0.963 bits per heavy atom. The number of carbonyl (C=O) groups is 2. The van der Waals surface area contributed by atoms with E-state index in [0.29, 0.717) is 32.8 Å². The van der Waals surface area contributed by atoms with Crippen molar-refractivity contribution in [1.82, 2.24) is 9.80 Å². The molecule has 1 aromatic carbocycles. The number of amides is 2. The van der Waals surface area contributed by atoms with Gasteiger partial charge < -0.3 is 14.5 Å². The zero-order chi connectivity index (χ0) is 18.7. The maximum atomic E-state index is 13.3. The number of ether oxygens (including phenoxy) is 1. The highest BCUT2D eigenvalue weighted by atomic mass is 16.5. The molecule has 3 aliphatic rings. The average molecular weight is 371 g/mol. The number of hydrogen-bond acceptors (Lipinski definition) is 4. The van der Waals surface area contributed by atoms with E-state index in [0.717, 1.165) is 51.0 Å². The highest BCUT2D eigenvalue weighted by Gasteiger charge is 2.46. The van der Waals surface area contributed by atoms with Gasteiger partial charge in [0.2, 0.25) is 11.8 Å². The first-order valence-corrected chi connectivity index (χ1v) is 10.1. The summed E-state index contributed by atoms with van der Waals surface area (Å²) in [7, 11) is 0. The van der Waals surface area contributed by atoms with Gasteiger partial charge >= 0.3 is 0 Å². The Morgan fingerprint density at radius 3 is 2.37 bits per heavy atom. The van der Waals surface area contributed by atoms with Crippen molar-refractivity contribution in [2.75, 3.05) is 57.4 Å². The fraction of sp³-hybridized carbons (Fsp3) is 0.619. The summed E-state index contributed by atoms with van der Waals surface area (Å²) in [6, 6.07) is 9.97. The Hall–Kier alpha value is -1.92. The molecule has 0 atom stereocenters. The van der Waals surface area contributed by atoms with Crippen molar-refractivity contribution in [3.8, 4) is 0 Å². The minimum atomic E-state index is -0.288. The van der Waals surface area contributed by atoms with Gasteiger partial charge in [0, 0.05) is 38.4 Å². The van der Waals surface area contributed by atoms with Crippen LogP contribution in [0.25, 0.3) is 0 Å². The minimum absolute atomic E-state index is 0.190. The van der Waals surface area contributed by atoms with E-state index in [1.807, 2.05) is 40.1 Å². The van der Waals surface area contributed by atoms with E-state index in [9.17, 15) is 9.59 Å². The van der Waals surface area contributed by atoms with Gasteiger partial charge in [0.1, 0.15) is 0 Å². The minimum Gasteiger partial charge on any atom is -0.379 e. The van der Waals surface area contributed by atoms with Gasteiger partial charge in [-0.05, 0) is 37.8 Å². The van der Waals surface area contributed by atoms with E-state index in [1.165, 1.54) is 0 Å². The highest BCUT2D eigenvalue weighted by molar-refractivity contribution is 5.98. The molecule has 0 bridgehead atoms. The molecule has 0 aromatic heterocycles. The second kappa shape index (κ2) is 7.98. The maximum absolute atomic E-state index is 13.3. The first-order chi connectivity index (χ1) is 13.2. The molecule has 3 aliphatic heterocycles. The van der Waals surface area contributed by atoms with Crippen molar-refractivity contribution in [2.45, 2.75) is 25.7 Å². The molecular formula is C21H29N3O3. The molecule has 4 rings (SSSR count). The molecule has 27 heavy (non-hydrogen) atoms. The van der Waals surface area contributed by atoms with Crippen LogP contribution in [0.15, 0.2) is 30.3 Å². The van der Waals surface area contributed by atoms with Crippen LogP contribution in [-0.2, 0) is 14.3 Å². The van der Waals surface area contributed by atoms with Gasteiger partial charge in [-0.2, -0.15) is 0 Å². The van der Waals surface area contributed by atoms with Crippen molar-refractivity contribution in [3.05, 3.63) is 30.3 Å². The van der Waals surface area contributed by atoms with Crippen LogP contribution in [-0.4, -0.2) is 74.1 Å². The number of piperidine rings is 2. The van der Waals surface area contributed by atoms with E-state index in [-0.39, 0.29) is 17.2 Å². The lowest BCUT2D eigenvalue weighted by atomic mass is 9.71. The van der Waals surface area contributed by atoms with Crippen LogP contribution in [0.1, 0.15) is 25.7 Å². The van der Waals surface area contributed by atoms with E-state index in [2.05, 4.69) is 4.90 Å². The van der Waals surface area contributed by atoms with E-state index in [1.54, 1.807) is 0 Å². The molecule has 3 heterocycles. The molecule has 0 saturated carbocycles. The molecule has 3 fully saturated rings. The van der Waals surface area contributed by atoms with Gasteiger partial charge in [0.25, 0.3) is 0 Å². The number of morpholine rings is 1. The summed E-state index contributed by atoms with van der Waals surface area (Å²) in [5, 5.41) is 0. The highest BCUT2D eigenvalue weighted by Crippen LogP contribution is 2.42. The molecule has 0 N–H and O–H groups in total. The molecule has 0 unspecified atom stereocenters. The van der Waals surface area contributed by atoms with Crippen molar-refractivity contribution in [3.63, 3.8) is 0 Å². The number of anilines is 1. The maximum Gasteiger partial charge on any atom is 0.236 e. The second-order valence-corrected chi connectivity index (χ2v) is 7.95. The molecule has 6 heteroatoms. The zero-order valence-corrected chi connectivity index (χ0v) is 15.9. The number of rotatable bonds is 3. The Bertz CT molecular complexity index is 665. The van der Waals surface area contributed by atoms with Crippen molar-refractivity contribution >= 4 is 17.5 Å². The van der Waals surface area contributed by atoms with Crippen LogP contribution in [0.5, 0.6) is 0 Å². The number of likely N-dealkylation sites (tertiary alicyclic amines) is 1. The monoisotopic (exact) mass is 371 g/mol. The van der Waals surface area contributed by atoms with Gasteiger partial charge in [-0.25, -0.2) is 0 Å². The van der Waals surface area contributed by atoms with Gasteiger partial charge in [0.15, 0.2) is 0 Å². The van der Waals surface area contributed by atoms with Crippen LogP contribution in [0.4, 0.5) is 5.69 Å². The topological polar surface area (TPSA) is 53.1 Å².